The van der Waals surface area contributed by atoms with Crippen LogP contribution in [0.5, 0.6) is 0 Å². The number of nitrogens with zero attached hydrogens (tertiary/aromatic N) is 1. The largest absolute Gasteiger partial charge is 0.480 e. The van der Waals surface area contributed by atoms with Crippen molar-refractivity contribution in [1.82, 2.24) is 10.2 Å². The monoisotopic (exact) mass is 318 g/mol. The molecule has 0 aliphatic carbocycles. The lowest BCUT2D eigenvalue weighted by atomic mass is 10.1. The van der Waals surface area contributed by atoms with Gasteiger partial charge in [0.1, 0.15) is 6.04 Å². The Bertz CT molecular complexity index is 394. The van der Waals surface area contributed by atoms with E-state index in [9.17, 15) is 14.4 Å². The molecule has 0 radical (unpaired) electrons. The molecular formula is C13H22N2O5S. The zero-order chi connectivity index (χ0) is 16.0. The third-order valence-electron chi connectivity index (χ3n) is 3.17. The topological polar surface area (TPSA) is 95.9 Å². The minimum Gasteiger partial charge on any atom is -0.480 e. The molecule has 1 aliphatic rings. The number of thioether (sulfide) groups is 1. The molecule has 1 rings (SSSR count). The van der Waals surface area contributed by atoms with Crippen LogP contribution in [-0.2, 0) is 14.3 Å². The number of hydrogen-bond acceptors (Lipinski definition) is 5. The van der Waals surface area contributed by atoms with Gasteiger partial charge in [0.15, 0.2) is 0 Å². The number of carbonyl (C=O) groups excluding carboxylic acids is 2. The Balaban J connectivity index is 2.55. The number of methoxy groups -OCH3 is 1. The highest BCUT2D eigenvalue weighted by Crippen LogP contribution is 2.24. The summed E-state index contributed by atoms with van der Waals surface area (Å²) in [5, 5.41) is 12.2. The molecule has 1 saturated heterocycles. The third-order valence-corrected chi connectivity index (χ3v) is 4.39. The molecule has 120 valence electrons. The number of nitrogens with one attached hydrogen (secondary N) is 1. The first kappa shape index (κ1) is 17.6. The summed E-state index contributed by atoms with van der Waals surface area (Å²) in [7, 11) is 1.24. The normalized spacial score (nSPS) is 23.3. The summed E-state index contributed by atoms with van der Waals surface area (Å²) in [5.74, 6) is -1.65. The summed E-state index contributed by atoms with van der Waals surface area (Å²) >= 11 is 1.81. The van der Waals surface area contributed by atoms with Crippen LogP contribution in [0.2, 0.25) is 0 Å². The lowest BCUT2D eigenvalue weighted by Crippen LogP contribution is -2.52. The van der Waals surface area contributed by atoms with Crippen LogP contribution in [0.1, 0.15) is 26.7 Å². The minimum atomic E-state index is -1.15. The zero-order valence-electron chi connectivity index (χ0n) is 12.5. The molecule has 1 heterocycles. The average molecular weight is 318 g/mol. The van der Waals surface area contributed by atoms with Crippen LogP contribution in [0.15, 0.2) is 0 Å². The van der Waals surface area contributed by atoms with E-state index in [2.05, 4.69) is 10.1 Å². The molecule has 0 saturated carbocycles. The Morgan fingerprint density at radius 2 is 1.90 bits per heavy atom. The quantitative estimate of drug-likeness (QED) is 0.732. The van der Waals surface area contributed by atoms with E-state index in [1.54, 1.807) is 16.7 Å². The van der Waals surface area contributed by atoms with Crippen molar-refractivity contribution in [1.29, 1.82) is 0 Å². The van der Waals surface area contributed by atoms with E-state index in [-0.39, 0.29) is 12.8 Å². The molecule has 1 fully saturated rings. The standard InChI is InChI=1S/C13H22N2O5S/c1-8-6-15(7-9(2)21-8)13(19)14-10(12(17)18)4-5-11(16)20-3/h8-10H,4-7H2,1-3H3,(H,14,19)(H,17,18)/t8?,9?,10-/m1/s1. The Morgan fingerprint density at radius 1 is 1.33 bits per heavy atom. The molecule has 8 heteroatoms. The number of ether oxygens (including phenoxy) is 1. The van der Waals surface area contributed by atoms with E-state index >= 15 is 0 Å². The fourth-order valence-corrected chi connectivity index (χ4v) is 3.53. The van der Waals surface area contributed by atoms with Crippen molar-refractivity contribution in [2.45, 2.75) is 43.2 Å². The number of hydrogen-bond donors (Lipinski definition) is 2. The van der Waals surface area contributed by atoms with Crippen LogP contribution in [0.3, 0.4) is 0 Å². The molecule has 21 heavy (non-hydrogen) atoms. The number of carbonyl (C=O) groups is 3. The number of rotatable bonds is 5. The summed E-state index contributed by atoms with van der Waals surface area (Å²) in [6.07, 6.45) is -0.0299. The summed E-state index contributed by atoms with van der Waals surface area (Å²) in [6.45, 7) is 5.24. The van der Waals surface area contributed by atoms with Gasteiger partial charge in [0, 0.05) is 30.0 Å². The molecule has 3 atom stereocenters. The summed E-state index contributed by atoms with van der Waals surface area (Å²) < 4.78 is 4.47. The van der Waals surface area contributed by atoms with Crippen molar-refractivity contribution in [3.05, 3.63) is 0 Å². The van der Waals surface area contributed by atoms with Crippen molar-refractivity contribution in [3.63, 3.8) is 0 Å². The molecule has 0 spiro atoms. The van der Waals surface area contributed by atoms with Gasteiger partial charge >= 0.3 is 18.0 Å². The number of urea groups is 1. The van der Waals surface area contributed by atoms with Gasteiger partial charge in [0.2, 0.25) is 0 Å². The van der Waals surface area contributed by atoms with Crippen LogP contribution in [0.25, 0.3) is 0 Å². The van der Waals surface area contributed by atoms with E-state index in [4.69, 9.17) is 5.11 Å². The van der Waals surface area contributed by atoms with Crippen LogP contribution in [-0.4, -0.2) is 64.7 Å². The number of amides is 2. The number of esters is 1. The van der Waals surface area contributed by atoms with Crippen LogP contribution in [0, 0.1) is 0 Å². The van der Waals surface area contributed by atoms with E-state index < -0.39 is 24.0 Å². The van der Waals surface area contributed by atoms with Gasteiger partial charge in [-0.3, -0.25) is 4.79 Å². The van der Waals surface area contributed by atoms with Gasteiger partial charge in [-0.25, -0.2) is 9.59 Å². The Morgan fingerprint density at radius 3 is 2.38 bits per heavy atom. The molecule has 0 aromatic rings. The van der Waals surface area contributed by atoms with Gasteiger partial charge in [0.05, 0.1) is 7.11 Å². The van der Waals surface area contributed by atoms with Crippen molar-refractivity contribution in [3.8, 4) is 0 Å². The van der Waals surface area contributed by atoms with E-state index in [1.807, 2.05) is 13.8 Å². The molecular weight excluding hydrogens is 296 g/mol. The maximum Gasteiger partial charge on any atom is 0.326 e. The van der Waals surface area contributed by atoms with Crippen molar-refractivity contribution in [2.24, 2.45) is 0 Å². The van der Waals surface area contributed by atoms with Crippen LogP contribution in [0.4, 0.5) is 4.79 Å². The van der Waals surface area contributed by atoms with E-state index in [0.29, 0.717) is 23.6 Å². The Hall–Kier alpha value is -1.44. The van der Waals surface area contributed by atoms with E-state index in [0.717, 1.165) is 0 Å². The summed E-state index contributed by atoms with van der Waals surface area (Å²) in [5.41, 5.74) is 0. The lowest BCUT2D eigenvalue weighted by molar-refractivity contribution is -0.142. The highest BCUT2D eigenvalue weighted by molar-refractivity contribution is 8.00. The van der Waals surface area contributed by atoms with Gasteiger partial charge in [-0.05, 0) is 6.42 Å². The minimum absolute atomic E-state index is 0.0153. The molecule has 7 nitrogen and oxygen atoms in total. The lowest BCUT2D eigenvalue weighted by Gasteiger charge is -2.35. The van der Waals surface area contributed by atoms with Crippen molar-refractivity contribution < 1.29 is 24.2 Å². The van der Waals surface area contributed by atoms with Gasteiger partial charge in [0.25, 0.3) is 0 Å². The summed E-state index contributed by atoms with van der Waals surface area (Å²) in [6, 6.07) is -1.48. The Kier molecular flexibility index (Phi) is 6.80. The highest BCUT2D eigenvalue weighted by atomic mass is 32.2. The van der Waals surface area contributed by atoms with Crippen LogP contribution >= 0.6 is 11.8 Å². The molecule has 2 N–H and O–H groups in total. The highest BCUT2D eigenvalue weighted by Gasteiger charge is 2.29. The van der Waals surface area contributed by atoms with Gasteiger partial charge in [-0.1, -0.05) is 13.8 Å². The second-order valence-corrected chi connectivity index (χ2v) is 7.00. The zero-order valence-corrected chi connectivity index (χ0v) is 13.3. The maximum absolute atomic E-state index is 12.1. The molecule has 1 aliphatic heterocycles. The fraction of sp³-hybridized carbons (Fsp3) is 0.769. The Labute approximate surface area is 128 Å². The molecule has 2 unspecified atom stereocenters. The van der Waals surface area contributed by atoms with Crippen molar-refractivity contribution >= 4 is 29.7 Å². The second-order valence-electron chi connectivity index (χ2n) is 5.12. The predicted octanol–water partition coefficient (Wildman–Crippen LogP) is 0.928. The third kappa shape index (κ3) is 5.82. The molecule has 0 aromatic heterocycles. The summed E-state index contributed by atoms with van der Waals surface area (Å²) in [4.78, 5) is 36.0. The smallest absolute Gasteiger partial charge is 0.326 e. The first-order chi connectivity index (χ1) is 9.83. The van der Waals surface area contributed by atoms with Gasteiger partial charge in [-0.15, -0.1) is 0 Å². The van der Waals surface area contributed by atoms with Crippen LogP contribution < -0.4 is 5.32 Å². The first-order valence-corrected chi connectivity index (χ1v) is 7.78. The SMILES string of the molecule is COC(=O)CC[C@@H](NC(=O)N1CC(C)SC(C)C1)C(=O)O. The number of aliphatic carboxylic acids is 1. The van der Waals surface area contributed by atoms with Gasteiger partial charge < -0.3 is 20.1 Å². The van der Waals surface area contributed by atoms with Gasteiger partial charge in [-0.2, -0.15) is 11.8 Å². The molecule has 0 bridgehead atoms. The first-order valence-electron chi connectivity index (χ1n) is 6.84. The molecule has 2 amide bonds. The predicted molar refractivity (Wildman–Crippen MR) is 79.3 cm³/mol. The fourth-order valence-electron chi connectivity index (χ4n) is 2.21. The molecule has 0 aromatic carbocycles. The van der Waals surface area contributed by atoms with E-state index in [1.165, 1.54) is 7.11 Å². The van der Waals surface area contributed by atoms with Crippen molar-refractivity contribution in [2.75, 3.05) is 20.2 Å². The second kappa shape index (κ2) is 8.11. The number of carboxylic acid groups (broad SMARTS) is 1. The maximum atomic E-state index is 12.1. The number of carboxylic acids is 1. The average Bonchev–Trinajstić information content (AvgIpc) is 2.41.